The lowest BCUT2D eigenvalue weighted by atomic mass is 10.0. The second-order valence-electron chi connectivity index (χ2n) is 24.8. The van der Waals surface area contributed by atoms with Crippen molar-refractivity contribution in [3.8, 4) is 0 Å². The molecule has 0 aromatic carbocycles. The largest absolute Gasteiger partial charge is 0.477 e. The number of rotatable bonds is 65. The molecule has 490 valence electrons. The summed E-state index contributed by atoms with van der Waals surface area (Å²) in [5.74, 6) is -2.01. The lowest BCUT2D eigenvalue weighted by Gasteiger charge is -2.25. The topological polar surface area (TPSA) is 108 Å². The highest BCUT2D eigenvalue weighted by atomic mass is 16.7. The summed E-state index contributed by atoms with van der Waals surface area (Å²) >= 11 is 0. The van der Waals surface area contributed by atoms with Gasteiger partial charge in [0.25, 0.3) is 6.29 Å². The van der Waals surface area contributed by atoms with Gasteiger partial charge in [-0.15, -0.1) is 0 Å². The van der Waals surface area contributed by atoms with E-state index in [1.54, 1.807) is 0 Å². The fraction of sp³-hybridized carbons (Fsp3) is 0.750. The second-order valence-corrected chi connectivity index (χ2v) is 24.8. The molecule has 0 aliphatic heterocycles. The highest BCUT2D eigenvalue weighted by Crippen LogP contribution is 2.17. The number of carboxylic acid groups (broad SMARTS) is 1. The minimum atomic E-state index is -1.52. The first kappa shape index (κ1) is 81.2. The average molecular weight is 1190 g/mol. The molecule has 9 nitrogen and oxygen atoms in total. The van der Waals surface area contributed by atoms with Crippen LogP contribution >= 0.6 is 0 Å². The molecule has 0 radical (unpaired) electrons. The predicted molar refractivity (Wildman–Crippen MR) is 364 cm³/mol. The van der Waals surface area contributed by atoms with Crippen LogP contribution < -0.4 is 0 Å². The van der Waals surface area contributed by atoms with E-state index in [1.165, 1.54) is 186 Å². The Hall–Kier alpha value is -3.79. The van der Waals surface area contributed by atoms with Crippen LogP contribution in [0.25, 0.3) is 0 Å². The number of likely N-dealkylation sites (N-methyl/N-ethyl adjacent to an activating group) is 1. The third kappa shape index (κ3) is 67.6. The summed E-state index contributed by atoms with van der Waals surface area (Å²) in [5.41, 5.74) is 0. The fourth-order valence-corrected chi connectivity index (χ4v) is 9.93. The summed E-state index contributed by atoms with van der Waals surface area (Å²) in [6.45, 7) is 4.78. The number of unbranched alkanes of at least 4 members (excludes halogenated alkanes) is 34. The van der Waals surface area contributed by atoms with Gasteiger partial charge < -0.3 is 28.5 Å². The molecule has 0 saturated heterocycles. The van der Waals surface area contributed by atoms with Gasteiger partial charge in [-0.05, 0) is 96.3 Å². The van der Waals surface area contributed by atoms with Gasteiger partial charge in [-0.25, -0.2) is 4.79 Å². The molecule has 1 N–H and O–H groups in total. The molecule has 0 fully saturated rings. The molecule has 0 spiro atoms. The van der Waals surface area contributed by atoms with Gasteiger partial charge in [-0.3, -0.25) is 9.59 Å². The SMILES string of the molecule is CC/C=C\C/C=C\C/C=C\C/C=C\C/C=C\C/C=C\C/C=C\CCCCCCCCCC(=O)OC(COC(=O)CCCCCCCCCCCCCCCCCCCCC/C=C\CCCCCCCCCC)COC(OCC[N+](C)(C)C)C(=O)O. The summed E-state index contributed by atoms with van der Waals surface area (Å²) in [6.07, 6.45) is 88.1. The summed E-state index contributed by atoms with van der Waals surface area (Å²) in [7, 11) is 5.97. The first-order valence-corrected chi connectivity index (χ1v) is 35.4. The lowest BCUT2D eigenvalue weighted by Crippen LogP contribution is -2.40. The van der Waals surface area contributed by atoms with Crippen molar-refractivity contribution >= 4 is 17.9 Å². The van der Waals surface area contributed by atoms with E-state index >= 15 is 0 Å². The summed E-state index contributed by atoms with van der Waals surface area (Å²) in [6, 6.07) is 0. The van der Waals surface area contributed by atoms with Gasteiger partial charge in [-0.1, -0.05) is 297 Å². The molecule has 0 saturated carbocycles. The van der Waals surface area contributed by atoms with E-state index in [0.717, 1.165) is 89.9 Å². The first-order chi connectivity index (χ1) is 41.6. The lowest BCUT2D eigenvalue weighted by molar-refractivity contribution is -0.870. The van der Waals surface area contributed by atoms with Gasteiger partial charge in [0.05, 0.1) is 34.4 Å². The Morgan fingerprint density at radius 2 is 0.671 bits per heavy atom. The molecule has 2 atom stereocenters. The molecule has 2 unspecified atom stereocenters. The maximum absolute atomic E-state index is 12.9. The molecule has 0 amide bonds. The molecule has 0 aromatic rings. The average Bonchev–Trinajstić information content (AvgIpc) is 3.48. The van der Waals surface area contributed by atoms with Crippen molar-refractivity contribution in [2.45, 2.75) is 322 Å². The van der Waals surface area contributed by atoms with E-state index in [9.17, 15) is 19.5 Å². The van der Waals surface area contributed by atoms with Gasteiger partial charge in [0.1, 0.15) is 13.2 Å². The Kier molecular flexibility index (Phi) is 63.2. The van der Waals surface area contributed by atoms with E-state index in [0.29, 0.717) is 23.9 Å². The Morgan fingerprint density at radius 3 is 1.01 bits per heavy atom. The monoisotopic (exact) mass is 1190 g/mol. The van der Waals surface area contributed by atoms with Crippen LogP contribution in [0.15, 0.2) is 97.2 Å². The van der Waals surface area contributed by atoms with E-state index in [-0.39, 0.29) is 32.2 Å². The Morgan fingerprint density at radius 1 is 0.365 bits per heavy atom. The molecule has 0 heterocycles. The zero-order valence-corrected chi connectivity index (χ0v) is 56.0. The predicted octanol–water partition coefficient (Wildman–Crippen LogP) is 22.0. The molecule has 85 heavy (non-hydrogen) atoms. The minimum absolute atomic E-state index is 0.182. The summed E-state index contributed by atoms with van der Waals surface area (Å²) in [5, 5.41) is 9.75. The van der Waals surface area contributed by atoms with Crippen molar-refractivity contribution in [3.05, 3.63) is 97.2 Å². The van der Waals surface area contributed by atoms with Crippen molar-refractivity contribution in [2.24, 2.45) is 0 Å². The van der Waals surface area contributed by atoms with Crippen LogP contribution in [0.1, 0.15) is 309 Å². The van der Waals surface area contributed by atoms with Crippen LogP contribution in [0.4, 0.5) is 0 Å². The fourth-order valence-electron chi connectivity index (χ4n) is 9.93. The Labute approximate surface area is 524 Å². The van der Waals surface area contributed by atoms with Gasteiger partial charge in [-0.2, -0.15) is 0 Å². The maximum Gasteiger partial charge on any atom is 0.361 e. The number of ether oxygens (including phenoxy) is 4. The van der Waals surface area contributed by atoms with Crippen LogP contribution in [0, 0.1) is 0 Å². The molecule has 0 aliphatic carbocycles. The van der Waals surface area contributed by atoms with Crippen LogP contribution in [0.3, 0.4) is 0 Å². The third-order valence-corrected chi connectivity index (χ3v) is 15.3. The number of quaternary nitrogens is 1. The maximum atomic E-state index is 12.9. The normalized spacial score (nSPS) is 13.3. The van der Waals surface area contributed by atoms with Crippen LogP contribution in [0.2, 0.25) is 0 Å². The summed E-state index contributed by atoms with van der Waals surface area (Å²) in [4.78, 5) is 37.6. The van der Waals surface area contributed by atoms with Gasteiger partial charge >= 0.3 is 17.9 Å². The van der Waals surface area contributed by atoms with E-state index in [4.69, 9.17) is 18.9 Å². The van der Waals surface area contributed by atoms with E-state index in [2.05, 4.69) is 111 Å². The number of carbonyl (C=O) groups is 3. The molecule has 0 aliphatic rings. The molecule has 0 aromatic heterocycles. The zero-order chi connectivity index (χ0) is 61.9. The van der Waals surface area contributed by atoms with Crippen molar-refractivity contribution < 1.29 is 42.9 Å². The van der Waals surface area contributed by atoms with Crippen LogP contribution in [0.5, 0.6) is 0 Å². The number of nitrogens with zero attached hydrogens (tertiary/aromatic N) is 1. The number of aliphatic carboxylic acids is 1. The van der Waals surface area contributed by atoms with Crippen molar-refractivity contribution in [1.82, 2.24) is 0 Å². The minimum Gasteiger partial charge on any atom is -0.477 e. The molecule has 9 heteroatoms. The van der Waals surface area contributed by atoms with E-state index in [1.807, 2.05) is 21.1 Å². The number of carboxylic acids is 1. The van der Waals surface area contributed by atoms with Crippen molar-refractivity contribution in [2.75, 3.05) is 47.5 Å². The molecular weight excluding hydrogens is 1050 g/mol. The standard InChI is InChI=1S/C76H133NO8/c1-6-8-10-12-14-16-18-20-22-24-26-28-30-32-34-36-37-39-40-42-44-46-48-50-52-54-56-58-60-62-64-66-73(78)83-70-72(71-84-76(75(80)81)82-69-68-77(3,4)5)85-74(79)67-65-63-61-59-57-55-53-51-49-47-45-43-41-38-35-33-31-29-27-25-23-21-19-17-15-13-11-9-7-2/h9,11,15,17,21,23-24,26-27,29,33,35,41,43,47,49,72,76H,6-8,10,12-14,16,18-20,22,25,28,30-32,34,36-40,42,44-46,48,50-71H2,1-5H3/p+1/b11-9-,17-15-,23-21-,26-24-,29-27-,35-33-,43-41-,49-47-. The van der Waals surface area contributed by atoms with Crippen molar-refractivity contribution in [1.29, 1.82) is 0 Å². The van der Waals surface area contributed by atoms with Crippen LogP contribution in [-0.4, -0.2) is 87.4 Å². The quantitative estimate of drug-likeness (QED) is 0.0211. The number of hydrogen-bond acceptors (Lipinski definition) is 7. The smallest absolute Gasteiger partial charge is 0.361 e. The van der Waals surface area contributed by atoms with Crippen molar-refractivity contribution in [3.63, 3.8) is 0 Å². The van der Waals surface area contributed by atoms with E-state index < -0.39 is 24.3 Å². The third-order valence-electron chi connectivity index (χ3n) is 15.3. The first-order valence-electron chi connectivity index (χ1n) is 35.4. The van der Waals surface area contributed by atoms with Gasteiger partial charge in [0.15, 0.2) is 6.10 Å². The number of hydrogen-bond donors (Lipinski definition) is 1. The van der Waals surface area contributed by atoms with Gasteiger partial charge in [0, 0.05) is 12.8 Å². The second kappa shape index (κ2) is 66.2. The summed E-state index contributed by atoms with van der Waals surface area (Å²) < 4.78 is 23.0. The highest BCUT2D eigenvalue weighted by Gasteiger charge is 2.25. The number of carbonyl (C=O) groups excluding carboxylic acids is 2. The van der Waals surface area contributed by atoms with Crippen LogP contribution in [-0.2, 0) is 33.3 Å². The molecule has 0 rings (SSSR count). The zero-order valence-electron chi connectivity index (χ0n) is 56.0. The molecule has 0 bridgehead atoms. The van der Waals surface area contributed by atoms with Gasteiger partial charge in [0.2, 0.25) is 0 Å². The molecular formula is C76H134NO8+. The Balaban J connectivity index is 4.14. The highest BCUT2D eigenvalue weighted by molar-refractivity contribution is 5.71. The number of esters is 2. The Bertz CT molecular complexity index is 1720. The number of allylic oxidation sites excluding steroid dienone is 16.